The Morgan fingerprint density at radius 2 is 2.07 bits per heavy atom. The Labute approximate surface area is 263 Å². The van der Waals surface area contributed by atoms with Crippen LogP contribution in [-0.4, -0.2) is 48.8 Å². The molecule has 0 amide bonds. The molecular weight excluding hydrogens is 602 g/mol. The maximum atomic E-state index is 14.1. The van der Waals surface area contributed by atoms with Gasteiger partial charge in [0.05, 0.1) is 36.6 Å². The predicted molar refractivity (Wildman–Crippen MR) is 162 cm³/mol. The third-order valence-electron chi connectivity index (χ3n) is 11.5. The summed E-state index contributed by atoms with van der Waals surface area (Å²) < 4.78 is 40.8. The first-order valence-electron chi connectivity index (χ1n) is 15.4. The molecule has 0 aliphatic heterocycles. The number of esters is 1. The number of furan rings is 1. The van der Waals surface area contributed by atoms with E-state index in [0.717, 1.165) is 24.1 Å². The maximum absolute atomic E-state index is 14.1. The van der Waals surface area contributed by atoms with E-state index in [9.17, 15) is 28.6 Å². The van der Waals surface area contributed by atoms with Gasteiger partial charge in [-0.3, -0.25) is 4.79 Å². The van der Waals surface area contributed by atoms with Crippen molar-refractivity contribution in [3.63, 3.8) is 0 Å². The van der Waals surface area contributed by atoms with E-state index in [1.807, 2.05) is 13.1 Å². The summed E-state index contributed by atoms with van der Waals surface area (Å²) in [6.07, 6.45) is 7.84. The highest BCUT2D eigenvalue weighted by atomic mass is 32.2. The van der Waals surface area contributed by atoms with Gasteiger partial charge < -0.3 is 19.4 Å². The molecule has 11 heteroatoms. The lowest BCUT2D eigenvalue weighted by molar-refractivity contribution is -0.175. The van der Waals surface area contributed by atoms with Gasteiger partial charge in [-0.2, -0.15) is 5.10 Å². The third-order valence-corrected chi connectivity index (χ3v) is 12.2. The molecule has 45 heavy (non-hydrogen) atoms. The topological polar surface area (TPSA) is 115 Å². The summed E-state index contributed by atoms with van der Waals surface area (Å²) in [5, 5.41) is 25.7. The van der Waals surface area contributed by atoms with Crippen molar-refractivity contribution in [1.82, 2.24) is 9.78 Å². The lowest BCUT2D eigenvalue weighted by Crippen LogP contribution is -2.62. The summed E-state index contributed by atoms with van der Waals surface area (Å²) in [5.41, 5.74) is 1.12. The van der Waals surface area contributed by atoms with Gasteiger partial charge in [-0.15, -0.1) is 0 Å². The number of benzene rings is 1. The number of fused-ring (bicyclic) bond motifs is 6. The Balaban J connectivity index is 1.23. The van der Waals surface area contributed by atoms with E-state index in [0.29, 0.717) is 30.3 Å². The summed E-state index contributed by atoms with van der Waals surface area (Å²) in [7, 11) is 0. The average molecular weight is 639 g/mol. The number of allylic oxidation sites excluding steroid dienone is 1. The second kappa shape index (κ2) is 10.9. The van der Waals surface area contributed by atoms with E-state index in [-0.39, 0.29) is 47.3 Å². The molecule has 3 saturated carbocycles. The van der Waals surface area contributed by atoms with Crippen molar-refractivity contribution in [3.8, 4) is 5.69 Å². The van der Waals surface area contributed by atoms with Gasteiger partial charge >= 0.3 is 5.97 Å². The van der Waals surface area contributed by atoms with Gasteiger partial charge in [0, 0.05) is 11.0 Å². The normalized spacial score (nSPS) is 33.4. The number of ether oxygens (including phenoxy) is 1. The van der Waals surface area contributed by atoms with Crippen molar-refractivity contribution in [2.45, 2.75) is 70.7 Å². The molecule has 238 valence electrons. The number of halogens is 2. The number of alkyl halides is 1. The van der Waals surface area contributed by atoms with Crippen LogP contribution in [-0.2, 0) is 22.6 Å². The molecule has 0 saturated heterocycles. The first kappa shape index (κ1) is 30.4. The first-order chi connectivity index (χ1) is 21.6. The van der Waals surface area contributed by atoms with Crippen LogP contribution < -0.4 is 0 Å². The Morgan fingerprint density at radius 3 is 2.80 bits per heavy atom. The number of rotatable bonds is 6. The minimum Gasteiger partial charge on any atom is -0.457 e. The number of thioether (sulfide) groups is 1. The van der Waals surface area contributed by atoms with Crippen molar-refractivity contribution in [3.05, 3.63) is 76.8 Å². The van der Waals surface area contributed by atoms with Crippen LogP contribution in [0.25, 0.3) is 11.8 Å². The number of carbonyl (C=O) groups is 2. The quantitative estimate of drug-likeness (QED) is 0.315. The molecule has 7 atom stereocenters. The van der Waals surface area contributed by atoms with E-state index >= 15 is 0 Å². The third kappa shape index (κ3) is 4.41. The minimum atomic E-state index is -1.59. The Kier molecular flexibility index (Phi) is 7.37. The van der Waals surface area contributed by atoms with Crippen LogP contribution in [0, 0.1) is 34.4 Å². The van der Waals surface area contributed by atoms with E-state index < -0.39 is 46.6 Å². The molecule has 3 fully saturated rings. The van der Waals surface area contributed by atoms with E-state index in [1.165, 1.54) is 24.0 Å². The second-order valence-corrected chi connectivity index (χ2v) is 14.3. The number of nitrogens with zero attached hydrogens (tertiary/aromatic N) is 2. The van der Waals surface area contributed by atoms with Crippen LogP contribution in [0.2, 0.25) is 0 Å². The Bertz CT molecular complexity index is 1690. The number of hydrogen-bond acceptors (Lipinski definition) is 8. The molecule has 7 rings (SSSR count). The molecule has 1 aromatic carbocycles. The van der Waals surface area contributed by atoms with Crippen LogP contribution >= 0.6 is 11.8 Å². The Morgan fingerprint density at radius 1 is 1.24 bits per heavy atom. The zero-order chi connectivity index (χ0) is 31.7. The van der Waals surface area contributed by atoms with Crippen LogP contribution in [0.3, 0.4) is 0 Å². The molecule has 0 radical (unpaired) electrons. The van der Waals surface area contributed by atoms with E-state index in [1.54, 1.807) is 22.9 Å². The second-order valence-electron chi connectivity index (χ2n) is 13.5. The molecule has 0 unspecified atom stereocenters. The van der Waals surface area contributed by atoms with E-state index in [2.05, 4.69) is 18.1 Å². The molecular formula is C34H36F2N2O6S. The van der Waals surface area contributed by atoms with Crippen LogP contribution in [0.15, 0.2) is 52.8 Å². The van der Waals surface area contributed by atoms with Gasteiger partial charge in [-0.05, 0) is 115 Å². The first-order valence-corrected chi connectivity index (χ1v) is 16.4. The highest BCUT2D eigenvalue weighted by molar-refractivity contribution is 8.13. The van der Waals surface area contributed by atoms with Gasteiger partial charge in [0.1, 0.15) is 11.8 Å². The minimum absolute atomic E-state index is 0.0274. The van der Waals surface area contributed by atoms with Gasteiger partial charge in [0.15, 0.2) is 5.60 Å². The fourth-order valence-electron chi connectivity index (χ4n) is 9.51. The number of carbonyl (C=O) groups excluding carboxylic acids is 2. The lowest BCUT2D eigenvalue weighted by atomic mass is 9.45. The van der Waals surface area contributed by atoms with Gasteiger partial charge in [0.25, 0.3) is 0 Å². The molecule has 8 nitrogen and oxygen atoms in total. The van der Waals surface area contributed by atoms with Crippen LogP contribution in [0.1, 0.15) is 73.3 Å². The molecule has 2 aromatic heterocycles. The lowest BCUT2D eigenvalue weighted by Gasteiger charge is -2.60. The monoisotopic (exact) mass is 638 g/mol. The molecule has 0 bridgehead atoms. The largest absolute Gasteiger partial charge is 0.457 e. The summed E-state index contributed by atoms with van der Waals surface area (Å²) >= 11 is 0.517. The summed E-state index contributed by atoms with van der Waals surface area (Å²) in [6, 6.07) is 6.68. The highest BCUT2D eigenvalue weighted by Gasteiger charge is 2.70. The molecule has 2 heterocycles. The fourth-order valence-corrected chi connectivity index (χ4v) is 10.2. The van der Waals surface area contributed by atoms with Crippen LogP contribution in [0.5, 0.6) is 0 Å². The molecule has 0 spiro atoms. The Hall–Kier alpha value is -3.28. The molecule has 4 aliphatic carbocycles. The zero-order valence-corrected chi connectivity index (χ0v) is 26.0. The number of aliphatic hydroxyl groups excluding tert-OH is 2. The van der Waals surface area contributed by atoms with E-state index in [4.69, 9.17) is 9.15 Å². The van der Waals surface area contributed by atoms with Gasteiger partial charge in [0.2, 0.25) is 10.9 Å². The fraction of sp³-hybridized carbons (Fsp3) is 0.500. The number of aliphatic hydroxyl groups is 2. The predicted octanol–water partition coefficient (Wildman–Crippen LogP) is 6.03. The number of hydrogen-bond donors (Lipinski definition) is 2. The molecule has 4 aliphatic rings. The average Bonchev–Trinajstić information content (AvgIpc) is 3.75. The zero-order valence-electron chi connectivity index (χ0n) is 25.2. The van der Waals surface area contributed by atoms with Crippen molar-refractivity contribution in [1.29, 1.82) is 0 Å². The van der Waals surface area contributed by atoms with Crippen molar-refractivity contribution in [2.24, 2.45) is 28.6 Å². The standard InChI is InChI=1S/C34H36F2N2O6S/c1-32-14-20-16-37-38(22-6-8-25(36)19(12-22)17-39)26(20)13-21(32)5-7-23-24-9-10-34(31(42)45-18-35,33(24,2)15-27(40)29(23)32)44-30(41)28-4-3-11-43-28/h3-4,6,8,11-13,16,23-24,27,29,39-40H,5,7,9-10,14-15,17-18H2,1-2H3/t23-,24-,27-,29+,32-,33-,34-/m0/s1. The SMILES string of the molecule is C[C@]12Cc3cnn(-c4ccc(F)c(CO)c4)c3C=C1CC[C@@H]1[C@@H]2[C@@H](O)C[C@@]2(C)[C@H]1CC[C@]2(OC(=O)c1ccco1)C(=O)SCF. The number of aromatic nitrogens is 2. The summed E-state index contributed by atoms with van der Waals surface area (Å²) in [6.45, 7) is 3.72. The van der Waals surface area contributed by atoms with Gasteiger partial charge in [-0.25, -0.2) is 18.3 Å². The van der Waals surface area contributed by atoms with Crippen molar-refractivity contribution >= 4 is 28.9 Å². The van der Waals surface area contributed by atoms with Gasteiger partial charge in [-0.1, -0.05) is 19.4 Å². The van der Waals surface area contributed by atoms with Crippen molar-refractivity contribution < 1.29 is 37.7 Å². The smallest absolute Gasteiger partial charge is 0.375 e. The van der Waals surface area contributed by atoms with Crippen LogP contribution in [0.4, 0.5) is 8.78 Å². The maximum Gasteiger partial charge on any atom is 0.375 e. The summed E-state index contributed by atoms with van der Waals surface area (Å²) in [5.74, 6) is -1.36. The molecule has 2 N–H and O–H groups in total. The summed E-state index contributed by atoms with van der Waals surface area (Å²) in [4.78, 5) is 26.9. The molecule has 3 aromatic rings. The van der Waals surface area contributed by atoms with Crippen molar-refractivity contribution in [2.75, 3.05) is 6.01 Å². The highest BCUT2D eigenvalue weighted by Crippen LogP contribution is 2.69.